The Bertz CT molecular complexity index is 910. The molecule has 0 amide bonds. The molecule has 0 aliphatic heterocycles. The van der Waals surface area contributed by atoms with E-state index >= 15 is 0 Å². The van der Waals surface area contributed by atoms with Gasteiger partial charge in [-0.15, -0.1) is 0 Å². The first-order chi connectivity index (χ1) is 13.1. The van der Waals surface area contributed by atoms with Crippen molar-refractivity contribution in [2.24, 2.45) is 0 Å². The van der Waals surface area contributed by atoms with Crippen LogP contribution in [0.1, 0.15) is 24.4 Å². The summed E-state index contributed by atoms with van der Waals surface area (Å²) < 4.78 is 17.0. The molecule has 0 radical (unpaired) electrons. The Kier molecular flexibility index (Phi) is 5.94. The van der Waals surface area contributed by atoms with Crippen LogP contribution in [0, 0.1) is 0 Å². The molecule has 0 fully saturated rings. The lowest BCUT2D eigenvalue weighted by molar-refractivity contribution is -0.149. The van der Waals surface area contributed by atoms with Gasteiger partial charge in [0.05, 0.1) is 6.26 Å². The van der Waals surface area contributed by atoms with Crippen molar-refractivity contribution in [3.63, 3.8) is 0 Å². The summed E-state index contributed by atoms with van der Waals surface area (Å²) in [7, 11) is 0. The third-order valence-electron chi connectivity index (χ3n) is 4.26. The van der Waals surface area contributed by atoms with Crippen molar-refractivity contribution in [1.82, 2.24) is 0 Å². The highest BCUT2D eigenvalue weighted by atomic mass is 16.5. The number of furan rings is 1. The van der Waals surface area contributed by atoms with Crippen LogP contribution in [0.3, 0.4) is 0 Å². The molecule has 1 N–H and O–H groups in total. The van der Waals surface area contributed by atoms with Crippen LogP contribution in [-0.4, -0.2) is 23.8 Å². The van der Waals surface area contributed by atoms with E-state index in [1.54, 1.807) is 19.3 Å². The van der Waals surface area contributed by atoms with Gasteiger partial charge in [-0.3, -0.25) is 0 Å². The number of carbonyl (C=O) groups is 1. The van der Waals surface area contributed by atoms with Gasteiger partial charge in [0.2, 0.25) is 0 Å². The van der Waals surface area contributed by atoms with Crippen LogP contribution < -0.4 is 4.74 Å². The standard InChI is InChI=1S/C22H22O5/c1-3-19(21-18-8-6-5-7-16(18)14-26-21)27-17-11-9-15(10-12-17)13-20(22(23)24)25-4-2/h3,5-12,14,19-20H,1,4,13H2,2H3,(H,23,24)/t19?,20-/m0/s1. The first-order valence-corrected chi connectivity index (χ1v) is 8.81. The maximum absolute atomic E-state index is 11.2. The Balaban J connectivity index is 1.73. The first-order valence-electron chi connectivity index (χ1n) is 8.81. The molecule has 0 aliphatic rings. The molecule has 5 nitrogen and oxygen atoms in total. The third-order valence-corrected chi connectivity index (χ3v) is 4.26. The summed E-state index contributed by atoms with van der Waals surface area (Å²) in [6, 6.07) is 15.2. The molecule has 140 valence electrons. The van der Waals surface area contributed by atoms with Crippen LogP contribution in [0.25, 0.3) is 10.8 Å². The largest absolute Gasteiger partial charge is 0.479 e. The molecular formula is C22H22O5. The van der Waals surface area contributed by atoms with Gasteiger partial charge < -0.3 is 19.0 Å². The molecular weight excluding hydrogens is 344 g/mol. The Morgan fingerprint density at radius 1 is 1.22 bits per heavy atom. The Labute approximate surface area is 157 Å². The Morgan fingerprint density at radius 2 is 1.96 bits per heavy atom. The second kappa shape index (κ2) is 8.56. The number of rotatable bonds is 9. The molecule has 0 bridgehead atoms. The van der Waals surface area contributed by atoms with Gasteiger partial charge in [0.25, 0.3) is 0 Å². The molecule has 2 aromatic carbocycles. The van der Waals surface area contributed by atoms with Gasteiger partial charge in [-0.05, 0) is 30.7 Å². The fourth-order valence-electron chi connectivity index (χ4n) is 2.93. The zero-order valence-electron chi connectivity index (χ0n) is 15.1. The number of benzene rings is 2. The molecule has 0 aliphatic carbocycles. The summed E-state index contributed by atoms with van der Waals surface area (Å²) >= 11 is 0. The Hall–Kier alpha value is -3.05. The second-order valence-electron chi connectivity index (χ2n) is 6.09. The van der Waals surface area contributed by atoms with Crippen molar-refractivity contribution in [1.29, 1.82) is 0 Å². The van der Waals surface area contributed by atoms with E-state index < -0.39 is 18.2 Å². The molecule has 5 heteroatoms. The predicted molar refractivity (Wildman–Crippen MR) is 103 cm³/mol. The molecule has 0 spiro atoms. The van der Waals surface area contributed by atoms with Crippen LogP contribution in [0.5, 0.6) is 5.75 Å². The van der Waals surface area contributed by atoms with Crippen molar-refractivity contribution in [3.8, 4) is 5.75 Å². The van der Waals surface area contributed by atoms with Crippen LogP contribution in [-0.2, 0) is 16.0 Å². The van der Waals surface area contributed by atoms with Crippen molar-refractivity contribution < 1.29 is 23.8 Å². The highest BCUT2D eigenvalue weighted by molar-refractivity contribution is 5.84. The Morgan fingerprint density at radius 3 is 2.63 bits per heavy atom. The summed E-state index contributed by atoms with van der Waals surface area (Å²) in [4.78, 5) is 11.2. The summed E-state index contributed by atoms with van der Waals surface area (Å²) in [6.45, 7) is 5.99. The topological polar surface area (TPSA) is 68.9 Å². The molecule has 3 aromatic rings. The highest BCUT2D eigenvalue weighted by Gasteiger charge is 2.19. The molecule has 1 aromatic heterocycles. The molecule has 27 heavy (non-hydrogen) atoms. The van der Waals surface area contributed by atoms with Gasteiger partial charge in [-0.1, -0.05) is 43.0 Å². The lowest BCUT2D eigenvalue weighted by Crippen LogP contribution is -2.26. The van der Waals surface area contributed by atoms with E-state index in [1.807, 2.05) is 48.5 Å². The van der Waals surface area contributed by atoms with Gasteiger partial charge in [-0.25, -0.2) is 4.79 Å². The number of aliphatic carboxylic acids is 1. The van der Waals surface area contributed by atoms with E-state index in [0.29, 0.717) is 24.5 Å². The average molecular weight is 366 g/mol. The van der Waals surface area contributed by atoms with Gasteiger partial charge in [0, 0.05) is 23.8 Å². The quantitative estimate of drug-likeness (QED) is 0.552. The molecule has 1 heterocycles. The monoisotopic (exact) mass is 366 g/mol. The lowest BCUT2D eigenvalue weighted by Gasteiger charge is -2.15. The zero-order chi connectivity index (χ0) is 19.2. The maximum Gasteiger partial charge on any atom is 0.333 e. The van der Waals surface area contributed by atoms with Crippen LogP contribution >= 0.6 is 0 Å². The molecule has 0 saturated heterocycles. The number of hydrogen-bond donors (Lipinski definition) is 1. The number of carboxylic acid groups (broad SMARTS) is 1. The number of hydrogen-bond acceptors (Lipinski definition) is 4. The van der Waals surface area contributed by atoms with Crippen molar-refractivity contribution >= 4 is 16.7 Å². The molecule has 2 atom stereocenters. The van der Waals surface area contributed by atoms with Gasteiger partial charge in [0.15, 0.2) is 18.0 Å². The van der Waals surface area contributed by atoms with E-state index in [4.69, 9.17) is 13.9 Å². The lowest BCUT2D eigenvalue weighted by atomic mass is 10.1. The fourth-order valence-corrected chi connectivity index (χ4v) is 2.93. The van der Waals surface area contributed by atoms with E-state index in [2.05, 4.69) is 6.58 Å². The predicted octanol–water partition coefficient (Wildman–Crippen LogP) is 4.77. The van der Waals surface area contributed by atoms with E-state index in [1.165, 1.54) is 0 Å². The molecule has 0 saturated carbocycles. The number of fused-ring (bicyclic) bond motifs is 1. The van der Waals surface area contributed by atoms with Crippen molar-refractivity contribution in [2.45, 2.75) is 25.6 Å². The van der Waals surface area contributed by atoms with Crippen LogP contribution in [0.2, 0.25) is 0 Å². The minimum atomic E-state index is -0.964. The van der Waals surface area contributed by atoms with Gasteiger partial charge >= 0.3 is 5.97 Å². The van der Waals surface area contributed by atoms with Gasteiger partial charge in [-0.2, -0.15) is 0 Å². The molecule has 1 unspecified atom stereocenters. The second-order valence-corrected chi connectivity index (χ2v) is 6.09. The smallest absolute Gasteiger partial charge is 0.333 e. The summed E-state index contributed by atoms with van der Waals surface area (Å²) in [6.07, 6.45) is 2.42. The maximum atomic E-state index is 11.2. The van der Waals surface area contributed by atoms with Crippen LogP contribution in [0.15, 0.2) is 71.9 Å². The fraction of sp³-hybridized carbons (Fsp3) is 0.227. The van der Waals surface area contributed by atoms with E-state index in [0.717, 1.165) is 16.3 Å². The van der Waals surface area contributed by atoms with Crippen molar-refractivity contribution in [2.75, 3.05) is 6.61 Å². The number of ether oxygens (including phenoxy) is 2. The third kappa shape index (κ3) is 4.38. The summed E-state index contributed by atoms with van der Waals surface area (Å²) in [5.41, 5.74) is 0.863. The minimum Gasteiger partial charge on any atom is -0.479 e. The van der Waals surface area contributed by atoms with E-state index in [-0.39, 0.29) is 0 Å². The minimum absolute atomic E-state index is 0.303. The summed E-state index contributed by atoms with van der Waals surface area (Å²) in [5.74, 6) is 0.382. The SMILES string of the molecule is C=CC(Oc1ccc(C[C@H](OCC)C(=O)O)cc1)c1occ2ccccc12. The first kappa shape index (κ1) is 18.7. The van der Waals surface area contributed by atoms with Crippen LogP contribution in [0.4, 0.5) is 0 Å². The van der Waals surface area contributed by atoms with E-state index in [9.17, 15) is 9.90 Å². The summed E-state index contributed by atoms with van der Waals surface area (Å²) in [5, 5.41) is 11.2. The number of carboxylic acids is 1. The zero-order valence-corrected chi connectivity index (χ0v) is 15.1. The molecule has 3 rings (SSSR count). The van der Waals surface area contributed by atoms with Gasteiger partial charge in [0.1, 0.15) is 5.75 Å². The average Bonchev–Trinajstić information content (AvgIpc) is 3.11. The van der Waals surface area contributed by atoms with Crippen molar-refractivity contribution in [3.05, 3.63) is 78.8 Å². The normalized spacial score (nSPS) is 13.2. The highest BCUT2D eigenvalue weighted by Crippen LogP contribution is 2.30.